The molecule has 0 aliphatic heterocycles. The van der Waals surface area contributed by atoms with Gasteiger partial charge in [-0.3, -0.25) is 0 Å². The first-order chi connectivity index (χ1) is 12.0. The molecule has 0 aliphatic rings. The molecular weight excluding hydrogens is 380 g/mol. The van der Waals surface area contributed by atoms with Crippen LogP contribution in [0.15, 0.2) is 29.4 Å². The molecule has 9 heteroatoms. The maximum Gasteiger partial charge on any atom is 0.348 e. The number of methoxy groups -OCH3 is 1. The molecule has 0 atom stereocenters. The first-order valence-corrected chi connectivity index (χ1v) is 9.53. The van der Waals surface area contributed by atoms with Crippen molar-refractivity contribution in [3.63, 3.8) is 0 Å². The van der Waals surface area contributed by atoms with Gasteiger partial charge in [0.2, 0.25) is 5.16 Å². The van der Waals surface area contributed by atoms with Crippen LogP contribution in [0.25, 0.3) is 5.69 Å². The topological polar surface area (TPSA) is 69.9 Å². The molecule has 0 saturated heterocycles. The quantitative estimate of drug-likeness (QED) is 0.479. The number of thioether (sulfide) groups is 1. The van der Waals surface area contributed by atoms with E-state index in [0.29, 0.717) is 20.1 Å². The first-order valence-electron chi connectivity index (χ1n) is 7.35. The smallest absolute Gasteiger partial charge is 0.348 e. The highest BCUT2D eigenvalue weighted by Gasteiger charge is 2.16. The van der Waals surface area contributed by atoms with Crippen LogP contribution in [0.1, 0.15) is 26.4 Å². The van der Waals surface area contributed by atoms with Gasteiger partial charge in [0.05, 0.1) is 17.1 Å². The van der Waals surface area contributed by atoms with Crippen molar-refractivity contribution in [2.45, 2.75) is 24.8 Å². The molecular formula is C16H15ClN4O2S2. The second-order valence-electron chi connectivity index (χ2n) is 5.33. The number of tetrazole rings is 1. The Kier molecular flexibility index (Phi) is 5.41. The maximum absolute atomic E-state index is 11.6. The average molecular weight is 395 g/mol. The standard InChI is InChI=1S/C16H15ClN4O2S2/c1-9-4-5-12(6-10(9)2)21-16(18-19-20-21)24-8-11-7-13(15(22)23-3)25-14(11)17/h4-7H,8H2,1-3H3. The molecule has 0 amide bonds. The fourth-order valence-corrected chi connectivity index (χ4v) is 4.37. The van der Waals surface area contributed by atoms with Gasteiger partial charge < -0.3 is 4.74 Å². The summed E-state index contributed by atoms with van der Waals surface area (Å²) in [6.45, 7) is 4.11. The number of thiophene rings is 1. The number of aryl methyl sites for hydroxylation is 2. The lowest BCUT2D eigenvalue weighted by molar-refractivity contribution is 0.0606. The van der Waals surface area contributed by atoms with Gasteiger partial charge in [-0.1, -0.05) is 29.4 Å². The molecule has 0 N–H and O–H groups in total. The number of carbonyl (C=O) groups is 1. The van der Waals surface area contributed by atoms with Gasteiger partial charge in [-0.2, -0.15) is 4.68 Å². The molecule has 0 aliphatic carbocycles. The molecule has 130 valence electrons. The third-order valence-electron chi connectivity index (χ3n) is 3.68. The van der Waals surface area contributed by atoms with E-state index in [1.165, 1.54) is 41.3 Å². The van der Waals surface area contributed by atoms with E-state index < -0.39 is 0 Å². The predicted molar refractivity (Wildman–Crippen MR) is 98.9 cm³/mol. The predicted octanol–water partition coefficient (Wildman–Crippen LogP) is 4.07. The molecule has 0 radical (unpaired) electrons. The van der Waals surface area contributed by atoms with E-state index in [4.69, 9.17) is 16.3 Å². The molecule has 3 rings (SSSR count). The SMILES string of the molecule is COC(=O)c1cc(CSc2nnnn2-c2ccc(C)c(C)c2)c(Cl)s1. The number of hydrogen-bond acceptors (Lipinski definition) is 7. The third-order valence-corrected chi connectivity index (χ3v) is 6.06. The molecule has 0 spiro atoms. The van der Waals surface area contributed by atoms with Crippen LogP contribution in [0.2, 0.25) is 4.34 Å². The van der Waals surface area contributed by atoms with Crippen molar-refractivity contribution in [1.82, 2.24) is 20.2 Å². The highest BCUT2D eigenvalue weighted by atomic mass is 35.5. The van der Waals surface area contributed by atoms with Gasteiger partial charge in [0, 0.05) is 5.75 Å². The van der Waals surface area contributed by atoms with Crippen LogP contribution < -0.4 is 0 Å². The summed E-state index contributed by atoms with van der Waals surface area (Å²) >= 11 is 8.88. The molecule has 0 unspecified atom stereocenters. The zero-order valence-corrected chi connectivity index (χ0v) is 16.2. The molecule has 3 aromatic rings. The second kappa shape index (κ2) is 7.55. The zero-order valence-electron chi connectivity index (χ0n) is 13.8. The van der Waals surface area contributed by atoms with Crippen LogP contribution in [0.5, 0.6) is 0 Å². The first kappa shape index (κ1) is 17.9. The monoisotopic (exact) mass is 394 g/mol. The fourth-order valence-electron chi connectivity index (χ4n) is 2.14. The number of esters is 1. The van der Waals surface area contributed by atoms with Gasteiger partial charge >= 0.3 is 5.97 Å². The lowest BCUT2D eigenvalue weighted by Gasteiger charge is -2.06. The molecule has 25 heavy (non-hydrogen) atoms. The zero-order chi connectivity index (χ0) is 18.0. The summed E-state index contributed by atoms with van der Waals surface area (Å²) in [7, 11) is 1.35. The van der Waals surface area contributed by atoms with Crippen LogP contribution in [0.4, 0.5) is 0 Å². The average Bonchev–Trinajstić information content (AvgIpc) is 3.21. The number of benzene rings is 1. The highest BCUT2D eigenvalue weighted by Crippen LogP contribution is 2.33. The number of ether oxygens (including phenoxy) is 1. The Morgan fingerprint density at radius 3 is 2.84 bits per heavy atom. The molecule has 2 aromatic heterocycles. The Labute approximate surface area is 158 Å². The second-order valence-corrected chi connectivity index (χ2v) is 7.93. The van der Waals surface area contributed by atoms with Crippen molar-refractivity contribution in [3.05, 3.63) is 50.2 Å². The summed E-state index contributed by atoms with van der Waals surface area (Å²) in [5.74, 6) is 0.167. The van der Waals surface area contributed by atoms with Crippen LogP contribution in [-0.4, -0.2) is 33.3 Å². The Morgan fingerprint density at radius 1 is 1.32 bits per heavy atom. The summed E-state index contributed by atoms with van der Waals surface area (Å²) in [5, 5.41) is 12.6. The molecule has 0 saturated carbocycles. The number of nitrogens with zero attached hydrogens (tertiary/aromatic N) is 4. The van der Waals surface area contributed by atoms with Gasteiger partial charge in [-0.25, -0.2) is 4.79 Å². The van der Waals surface area contributed by atoms with Crippen molar-refractivity contribution < 1.29 is 9.53 Å². The summed E-state index contributed by atoms with van der Waals surface area (Å²) in [6, 6.07) is 7.81. The van der Waals surface area contributed by atoms with Crippen LogP contribution in [0.3, 0.4) is 0 Å². The van der Waals surface area contributed by atoms with Gasteiger partial charge in [-0.15, -0.1) is 16.4 Å². The van der Waals surface area contributed by atoms with Gasteiger partial charge in [0.1, 0.15) is 4.88 Å². The minimum absolute atomic E-state index is 0.386. The summed E-state index contributed by atoms with van der Waals surface area (Å²) < 4.78 is 6.98. The Bertz CT molecular complexity index is 923. The summed E-state index contributed by atoms with van der Waals surface area (Å²) in [5.41, 5.74) is 4.15. The van der Waals surface area contributed by atoms with E-state index >= 15 is 0 Å². The Morgan fingerprint density at radius 2 is 2.12 bits per heavy atom. The van der Waals surface area contributed by atoms with Gasteiger partial charge in [0.25, 0.3) is 0 Å². The Hall–Kier alpha value is -1.90. The number of halogens is 1. The van der Waals surface area contributed by atoms with Gasteiger partial charge in [-0.05, 0) is 59.2 Å². The van der Waals surface area contributed by atoms with Crippen molar-refractivity contribution >= 4 is 40.7 Å². The highest BCUT2D eigenvalue weighted by molar-refractivity contribution is 7.98. The largest absolute Gasteiger partial charge is 0.465 e. The van der Waals surface area contributed by atoms with Crippen molar-refractivity contribution in [2.75, 3.05) is 7.11 Å². The number of aromatic nitrogens is 4. The lowest BCUT2D eigenvalue weighted by Crippen LogP contribution is -2.00. The number of hydrogen-bond donors (Lipinski definition) is 0. The van der Waals surface area contributed by atoms with Crippen molar-refractivity contribution in [3.8, 4) is 5.69 Å². The maximum atomic E-state index is 11.6. The van der Waals surface area contributed by atoms with Crippen molar-refractivity contribution in [2.24, 2.45) is 0 Å². The van der Waals surface area contributed by atoms with E-state index in [9.17, 15) is 4.79 Å². The fraction of sp³-hybridized carbons (Fsp3) is 0.250. The third kappa shape index (κ3) is 3.86. The minimum atomic E-state index is -0.386. The van der Waals surface area contributed by atoms with E-state index in [1.54, 1.807) is 10.7 Å². The summed E-state index contributed by atoms with van der Waals surface area (Å²) in [4.78, 5) is 12.1. The molecule has 6 nitrogen and oxygen atoms in total. The van der Waals surface area contributed by atoms with Crippen LogP contribution in [0, 0.1) is 13.8 Å². The minimum Gasteiger partial charge on any atom is -0.465 e. The van der Waals surface area contributed by atoms with E-state index in [-0.39, 0.29) is 5.97 Å². The van der Waals surface area contributed by atoms with E-state index in [1.807, 2.05) is 18.2 Å². The van der Waals surface area contributed by atoms with Gasteiger partial charge in [0.15, 0.2) is 0 Å². The molecule has 0 bridgehead atoms. The Balaban J connectivity index is 1.79. The van der Waals surface area contributed by atoms with E-state index in [2.05, 4.69) is 29.4 Å². The summed E-state index contributed by atoms with van der Waals surface area (Å²) in [6.07, 6.45) is 0. The van der Waals surface area contributed by atoms with Crippen LogP contribution in [-0.2, 0) is 10.5 Å². The molecule has 1 aromatic carbocycles. The number of carbonyl (C=O) groups excluding carboxylic acids is 1. The molecule has 2 heterocycles. The van der Waals surface area contributed by atoms with Crippen molar-refractivity contribution in [1.29, 1.82) is 0 Å². The normalized spacial score (nSPS) is 10.9. The van der Waals surface area contributed by atoms with E-state index in [0.717, 1.165) is 11.3 Å². The van der Waals surface area contributed by atoms with Crippen LogP contribution >= 0.6 is 34.7 Å². The molecule has 0 fully saturated rings. The number of rotatable bonds is 5. The lowest BCUT2D eigenvalue weighted by atomic mass is 10.1.